The lowest BCUT2D eigenvalue weighted by Gasteiger charge is -2.31. The van der Waals surface area contributed by atoms with Crippen LogP contribution in [0.2, 0.25) is 0 Å². The van der Waals surface area contributed by atoms with Gasteiger partial charge in [0.05, 0.1) is 19.9 Å². The van der Waals surface area contributed by atoms with Crippen LogP contribution in [0.3, 0.4) is 0 Å². The zero-order valence-electron chi connectivity index (χ0n) is 13.1. The molecule has 0 saturated carbocycles. The van der Waals surface area contributed by atoms with Crippen molar-refractivity contribution in [3.05, 3.63) is 18.2 Å². The lowest BCUT2D eigenvalue weighted by atomic mass is 10.2. The highest BCUT2D eigenvalue weighted by atomic mass is 16.5. The summed E-state index contributed by atoms with van der Waals surface area (Å²) in [6, 6.07) is 4.99. The van der Waals surface area contributed by atoms with E-state index in [2.05, 4.69) is 10.2 Å². The van der Waals surface area contributed by atoms with E-state index in [-0.39, 0.29) is 0 Å². The molecule has 1 saturated heterocycles. The van der Waals surface area contributed by atoms with Crippen LogP contribution in [0, 0.1) is 0 Å². The van der Waals surface area contributed by atoms with Crippen LogP contribution >= 0.6 is 0 Å². The second-order valence-electron chi connectivity index (χ2n) is 5.12. The van der Waals surface area contributed by atoms with Crippen LogP contribution in [0.15, 0.2) is 18.2 Å². The number of anilines is 1. The monoisotopic (exact) mass is 307 g/mol. The highest BCUT2D eigenvalue weighted by Crippen LogP contribution is 2.29. The van der Waals surface area contributed by atoms with Crippen molar-refractivity contribution in [2.24, 2.45) is 0 Å². The molecule has 0 bridgehead atoms. The number of likely N-dealkylation sites (N-methyl/N-ethyl adjacent to an activating group) is 1. The molecule has 7 nitrogen and oxygen atoms in total. The zero-order chi connectivity index (χ0) is 16.1. The molecule has 1 fully saturated rings. The summed E-state index contributed by atoms with van der Waals surface area (Å²) in [5, 5.41) is 2.60. The van der Waals surface area contributed by atoms with Gasteiger partial charge in [0, 0.05) is 32.2 Å². The lowest BCUT2D eigenvalue weighted by Crippen LogP contribution is -2.50. The molecule has 2 rings (SSSR count). The number of piperazine rings is 1. The summed E-state index contributed by atoms with van der Waals surface area (Å²) in [7, 11) is 5.03. The van der Waals surface area contributed by atoms with E-state index in [1.807, 2.05) is 7.05 Å². The SMILES string of the molecule is COc1ccc(NC(=O)C(=O)N2CCN(C)CC2)c(OC)c1. The number of rotatable bonds is 3. The Labute approximate surface area is 129 Å². The van der Waals surface area contributed by atoms with Gasteiger partial charge in [0.2, 0.25) is 0 Å². The maximum Gasteiger partial charge on any atom is 0.314 e. The third-order valence-electron chi connectivity index (χ3n) is 3.64. The minimum atomic E-state index is -0.659. The number of carbonyl (C=O) groups excluding carboxylic acids is 2. The van der Waals surface area contributed by atoms with Crippen molar-refractivity contribution in [2.45, 2.75) is 0 Å². The number of carbonyl (C=O) groups is 2. The third-order valence-corrected chi connectivity index (χ3v) is 3.64. The number of methoxy groups -OCH3 is 2. The van der Waals surface area contributed by atoms with Crippen molar-refractivity contribution >= 4 is 17.5 Å². The van der Waals surface area contributed by atoms with E-state index in [1.54, 1.807) is 30.2 Å². The molecular weight excluding hydrogens is 286 g/mol. The molecule has 1 N–H and O–H groups in total. The maximum absolute atomic E-state index is 12.2. The van der Waals surface area contributed by atoms with Gasteiger partial charge in [-0.25, -0.2) is 0 Å². The Morgan fingerprint density at radius 3 is 2.36 bits per heavy atom. The fourth-order valence-electron chi connectivity index (χ4n) is 2.23. The summed E-state index contributed by atoms with van der Waals surface area (Å²) in [5.41, 5.74) is 0.441. The van der Waals surface area contributed by atoms with E-state index in [9.17, 15) is 9.59 Å². The molecule has 1 heterocycles. The summed E-state index contributed by atoms with van der Waals surface area (Å²) in [6.45, 7) is 2.65. The molecule has 1 aromatic rings. The van der Waals surface area contributed by atoms with E-state index < -0.39 is 11.8 Å². The molecule has 120 valence electrons. The van der Waals surface area contributed by atoms with Crippen molar-refractivity contribution < 1.29 is 19.1 Å². The van der Waals surface area contributed by atoms with Crippen LogP contribution in [0.25, 0.3) is 0 Å². The maximum atomic E-state index is 12.2. The van der Waals surface area contributed by atoms with Crippen LogP contribution in [0.1, 0.15) is 0 Å². The van der Waals surface area contributed by atoms with Gasteiger partial charge in [-0.1, -0.05) is 0 Å². The van der Waals surface area contributed by atoms with Gasteiger partial charge in [-0.3, -0.25) is 9.59 Å². The lowest BCUT2D eigenvalue weighted by molar-refractivity contribution is -0.144. The Hall–Kier alpha value is -2.28. The van der Waals surface area contributed by atoms with Gasteiger partial charge in [-0.15, -0.1) is 0 Å². The van der Waals surface area contributed by atoms with E-state index in [1.165, 1.54) is 7.11 Å². The molecule has 0 radical (unpaired) electrons. The van der Waals surface area contributed by atoms with Gasteiger partial charge < -0.3 is 24.6 Å². The Kier molecular flexibility index (Phi) is 5.21. The Morgan fingerprint density at radius 2 is 1.77 bits per heavy atom. The van der Waals surface area contributed by atoms with Gasteiger partial charge in [-0.05, 0) is 19.2 Å². The van der Waals surface area contributed by atoms with Crippen molar-refractivity contribution in [3.8, 4) is 11.5 Å². The molecule has 22 heavy (non-hydrogen) atoms. The van der Waals surface area contributed by atoms with Crippen molar-refractivity contribution in [1.29, 1.82) is 0 Å². The first-order valence-electron chi connectivity index (χ1n) is 7.06. The predicted octanol–water partition coefficient (Wildman–Crippen LogP) is 0.416. The molecule has 0 aliphatic carbocycles. The quantitative estimate of drug-likeness (QED) is 0.819. The predicted molar refractivity (Wildman–Crippen MR) is 82.3 cm³/mol. The molecule has 0 unspecified atom stereocenters. The average molecular weight is 307 g/mol. The average Bonchev–Trinajstić information content (AvgIpc) is 2.55. The third kappa shape index (κ3) is 3.67. The molecule has 2 amide bonds. The Bertz CT molecular complexity index is 554. The molecule has 1 aromatic carbocycles. The van der Waals surface area contributed by atoms with Gasteiger partial charge >= 0.3 is 11.8 Å². The number of hydrogen-bond acceptors (Lipinski definition) is 5. The van der Waals surface area contributed by atoms with Crippen molar-refractivity contribution in [3.63, 3.8) is 0 Å². The summed E-state index contributed by atoms with van der Waals surface area (Å²) >= 11 is 0. The number of amides is 2. The number of hydrogen-bond donors (Lipinski definition) is 1. The summed E-state index contributed by atoms with van der Waals surface area (Å²) in [5.74, 6) is -0.127. The molecule has 1 aliphatic rings. The number of benzene rings is 1. The van der Waals surface area contributed by atoms with Crippen LogP contribution in [-0.2, 0) is 9.59 Å². The standard InChI is InChI=1S/C15H21N3O4/c1-17-6-8-18(9-7-17)15(20)14(19)16-12-5-4-11(21-2)10-13(12)22-3/h4-5,10H,6-9H2,1-3H3,(H,16,19). The molecule has 0 spiro atoms. The minimum absolute atomic E-state index is 0.441. The summed E-state index contributed by atoms with van der Waals surface area (Å²) < 4.78 is 10.3. The van der Waals surface area contributed by atoms with Gasteiger partial charge in [-0.2, -0.15) is 0 Å². The smallest absolute Gasteiger partial charge is 0.314 e. The number of ether oxygens (including phenoxy) is 2. The second-order valence-corrected chi connectivity index (χ2v) is 5.12. The first-order valence-corrected chi connectivity index (χ1v) is 7.06. The summed E-state index contributed by atoms with van der Waals surface area (Å²) in [6.07, 6.45) is 0. The fourth-order valence-corrected chi connectivity index (χ4v) is 2.23. The first kappa shape index (κ1) is 16.1. The number of nitrogens with zero attached hydrogens (tertiary/aromatic N) is 2. The highest BCUT2D eigenvalue weighted by Gasteiger charge is 2.25. The van der Waals surface area contributed by atoms with Crippen LogP contribution in [0.5, 0.6) is 11.5 Å². The van der Waals surface area contributed by atoms with Gasteiger partial charge in [0.1, 0.15) is 11.5 Å². The summed E-state index contributed by atoms with van der Waals surface area (Å²) in [4.78, 5) is 28.0. The van der Waals surface area contributed by atoms with Crippen LogP contribution in [0.4, 0.5) is 5.69 Å². The molecular formula is C15H21N3O4. The Balaban J connectivity index is 2.03. The fraction of sp³-hybridized carbons (Fsp3) is 0.467. The highest BCUT2D eigenvalue weighted by molar-refractivity contribution is 6.39. The number of nitrogens with one attached hydrogen (secondary N) is 1. The largest absolute Gasteiger partial charge is 0.497 e. The van der Waals surface area contributed by atoms with E-state index in [0.717, 1.165) is 13.1 Å². The topological polar surface area (TPSA) is 71.1 Å². The van der Waals surface area contributed by atoms with Crippen molar-refractivity contribution in [2.75, 3.05) is 52.8 Å². The van der Waals surface area contributed by atoms with Gasteiger partial charge in [0.25, 0.3) is 0 Å². The molecule has 1 aliphatic heterocycles. The molecule has 0 aromatic heterocycles. The minimum Gasteiger partial charge on any atom is -0.497 e. The molecule has 7 heteroatoms. The second kappa shape index (κ2) is 7.13. The van der Waals surface area contributed by atoms with E-state index >= 15 is 0 Å². The Morgan fingerprint density at radius 1 is 1.09 bits per heavy atom. The van der Waals surface area contributed by atoms with E-state index in [0.29, 0.717) is 30.3 Å². The van der Waals surface area contributed by atoms with Crippen molar-refractivity contribution in [1.82, 2.24) is 9.80 Å². The first-order chi connectivity index (χ1) is 10.5. The normalized spacial score (nSPS) is 15.3. The van der Waals surface area contributed by atoms with E-state index in [4.69, 9.17) is 9.47 Å². The molecule has 0 atom stereocenters. The van der Waals surface area contributed by atoms with Crippen LogP contribution < -0.4 is 14.8 Å². The van der Waals surface area contributed by atoms with Gasteiger partial charge in [0.15, 0.2) is 0 Å². The zero-order valence-corrected chi connectivity index (χ0v) is 13.1. The van der Waals surface area contributed by atoms with Crippen LogP contribution in [-0.4, -0.2) is 69.1 Å².